The molecule has 1 atom stereocenters. The lowest BCUT2D eigenvalue weighted by molar-refractivity contribution is -0.137. The van der Waals surface area contributed by atoms with Gasteiger partial charge in [-0.3, -0.25) is 9.59 Å². The van der Waals surface area contributed by atoms with E-state index < -0.39 is 17.8 Å². The Kier molecular flexibility index (Phi) is 5.56. The maximum absolute atomic E-state index is 14.9. The summed E-state index contributed by atoms with van der Waals surface area (Å²) in [5.41, 5.74) is 8.48. The Balaban J connectivity index is 1.48. The number of oxazole rings is 1. The fraction of sp³-hybridized carbons (Fsp3) is 0.261. The molecule has 0 unspecified atom stereocenters. The zero-order valence-electron chi connectivity index (χ0n) is 17.2. The van der Waals surface area contributed by atoms with Gasteiger partial charge < -0.3 is 19.8 Å². The molecular weight excluding hydrogens is 401 g/mol. The summed E-state index contributed by atoms with van der Waals surface area (Å²) in [4.78, 5) is 28.6. The highest BCUT2D eigenvalue weighted by Gasteiger charge is 2.27. The summed E-state index contributed by atoms with van der Waals surface area (Å²) in [6.07, 6.45) is -0.528. The molecule has 160 valence electrons. The Morgan fingerprint density at radius 2 is 1.87 bits per heavy atom. The molecule has 1 amide bonds. The topological polar surface area (TPSA) is 98.7 Å². The quantitative estimate of drug-likeness (QED) is 0.611. The van der Waals surface area contributed by atoms with Gasteiger partial charge in [-0.25, -0.2) is 9.37 Å². The van der Waals surface area contributed by atoms with Gasteiger partial charge in [0.15, 0.2) is 0 Å². The van der Waals surface area contributed by atoms with Crippen molar-refractivity contribution in [2.24, 2.45) is 5.73 Å². The average Bonchev–Trinajstić information content (AvgIpc) is 3.34. The molecule has 1 fully saturated rings. The van der Waals surface area contributed by atoms with Gasteiger partial charge in [0.25, 0.3) is 5.91 Å². The number of carbonyl (C=O) groups excluding carboxylic acids is 2. The van der Waals surface area contributed by atoms with E-state index >= 15 is 0 Å². The lowest BCUT2D eigenvalue weighted by Gasteiger charge is -2.17. The number of ketones is 1. The Morgan fingerprint density at radius 3 is 2.48 bits per heavy atom. The van der Waals surface area contributed by atoms with Crippen molar-refractivity contribution in [3.8, 4) is 22.6 Å². The summed E-state index contributed by atoms with van der Waals surface area (Å²) >= 11 is 0. The van der Waals surface area contributed by atoms with E-state index in [-0.39, 0.29) is 19.0 Å². The highest BCUT2D eigenvalue weighted by atomic mass is 19.1. The number of nitrogens with two attached hydrogens (primary N) is 1. The van der Waals surface area contributed by atoms with Gasteiger partial charge in [0, 0.05) is 29.8 Å². The number of aromatic nitrogens is 1. The highest BCUT2D eigenvalue weighted by Crippen LogP contribution is 2.30. The third-order valence-electron chi connectivity index (χ3n) is 5.37. The number of Topliss-reactive ketones (excluding diaryl/α,β-unsaturated/α-hetero) is 1. The van der Waals surface area contributed by atoms with Gasteiger partial charge in [0.05, 0.1) is 11.8 Å². The summed E-state index contributed by atoms with van der Waals surface area (Å²) in [6, 6.07) is 12.3. The average molecular weight is 423 g/mol. The fourth-order valence-electron chi connectivity index (χ4n) is 3.48. The van der Waals surface area contributed by atoms with E-state index in [0.29, 0.717) is 23.7 Å². The summed E-state index contributed by atoms with van der Waals surface area (Å²) in [5.74, 6) is -0.711. The van der Waals surface area contributed by atoms with Crippen molar-refractivity contribution in [2.45, 2.75) is 26.4 Å². The van der Waals surface area contributed by atoms with E-state index in [4.69, 9.17) is 14.9 Å². The van der Waals surface area contributed by atoms with Crippen LogP contribution in [0.3, 0.4) is 0 Å². The van der Waals surface area contributed by atoms with Gasteiger partial charge in [-0.15, -0.1) is 0 Å². The monoisotopic (exact) mass is 423 g/mol. The first-order valence-corrected chi connectivity index (χ1v) is 9.85. The first kappa shape index (κ1) is 20.7. The number of primary amides is 1. The predicted octanol–water partition coefficient (Wildman–Crippen LogP) is 3.37. The van der Waals surface area contributed by atoms with Crippen LogP contribution in [-0.2, 0) is 14.3 Å². The highest BCUT2D eigenvalue weighted by molar-refractivity contribution is 6.35. The molecule has 1 aliphatic rings. The molecule has 0 radical (unpaired) electrons. The Bertz CT molecular complexity index is 1120. The van der Waals surface area contributed by atoms with Crippen LogP contribution in [-0.4, -0.2) is 36.1 Å². The second-order valence-electron chi connectivity index (χ2n) is 7.53. The van der Waals surface area contributed by atoms with Crippen molar-refractivity contribution in [3.63, 3.8) is 0 Å². The number of benzene rings is 2. The number of amides is 1. The minimum atomic E-state index is -0.975. The molecule has 0 bridgehead atoms. The number of nitrogens with zero attached hydrogens (tertiary/aromatic N) is 2. The minimum Gasteiger partial charge on any atom is -0.441 e. The molecule has 4 rings (SSSR count). The van der Waals surface area contributed by atoms with E-state index in [0.717, 1.165) is 22.6 Å². The summed E-state index contributed by atoms with van der Waals surface area (Å²) in [7, 11) is 0. The largest absolute Gasteiger partial charge is 0.441 e. The first-order valence-electron chi connectivity index (χ1n) is 9.85. The van der Waals surface area contributed by atoms with Crippen molar-refractivity contribution < 1.29 is 23.1 Å². The molecule has 2 heterocycles. The van der Waals surface area contributed by atoms with Gasteiger partial charge in [0.1, 0.15) is 18.3 Å². The molecule has 1 aliphatic heterocycles. The summed E-state index contributed by atoms with van der Waals surface area (Å²) < 4.78 is 26.0. The van der Waals surface area contributed by atoms with Crippen molar-refractivity contribution >= 4 is 17.4 Å². The normalized spacial score (nSPS) is 16.0. The smallest absolute Gasteiger partial charge is 0.284 e. The third-order valence-corrected chi connectivity index (χ3v) is 5.37. The Hall–Kier alpha value is -3.52. The van der Waals surface area contributed by atoms with E-state index in [1.807, 2.05) is 43.0 Å². The van der Waals surface area contributed by atoms with Crippen LogP contribution in [0.5, 0.6) is 0 Å². The molecule has 1 saturated heterocycles. The zero-order valence-corrected chi connectivity index (χ0v) is 17.2. The van der Waals surface area contributed by atoms with Crippen LogP contribution in [0.2, 0.25) is 0 Å². The van der Waals surface area contributed by atoms with E-state index in [9.17, 15) is 14.0 Å². The number of aryl methyl sites for hydroxylation is 2. The summed E-state index contributed by atoms with van der Waals surface area (Å²) in [6.45, 7) is 4.33. The van der Waals surface area contributed by atoms with Crippen molar-refractivity contribution in [2.75, 3.05) is 18.2 Å². The lowest BCUT2D eigenvalue weighted by atomic mass is 10.0. The molecule has 7 nitrogen and oxygen atoms in total. The number of hydrogen-bond donors (Lipinski definition) is 1. The molecule has 0 spiro atoms. The molecule has 1 aromatic heterocycles. The molecule has 0 aliphatic carbocycles. The molecule has 31 heavy (non-hydrogen) atoms. The first-order chi connectivity index (χ1) is 14.8. The maximum atomic E-state index is 14.9. The molecular formula is C23H22FN3O4. The Morgan fingerprint density at radius 1 is 1.16 bits per heavy atom. The number of hydrogen-bond acceptors (Lipinski definition) is 6. The second-order valence-corrected chi connectivity index (χ2v) is 7.53. The summed E-state index contributed by atoms with van der Waals surface area (Å²) in [5, 5.41) is 0. The van der Waals surface area contributed by atoms with Crippen molar-refractivity contribution in [3.05, 3.63) is 59.7 Å². The van der Waals surface area contributed by atoms with E-state index in [2.05, 4.69) is 4.98 Å². The van der Waals surface area contributed by atoms with Crippen LogP contribution in [0.4, 0.5) is 10.1 Å². The number of halogens is 1. The van der Waals surface area contributed by atoms with E-state index in [1.165, 1.54) is 6.07 Å². The fourth-order valence-corrected chi connectivity index (χ4v) is 3.48. The lowest BCUT2D eigenvalue weighted by Crippen LogP contribution is -2.29. The van der Waals surface area contributed by atoms with Gasteiger partial charge in [-0.1, -0.05) is 12.1 Å². The van der Waals surface area contributed by atoms with Crippen LogP contribution in [0, 0.1) is 19.7 Å². The van der Waals surface area contributed by atoms with Gasteiger partial charge in [-0.05, 0) is 49.7 Å². The molecule has 0 saturated carbocycles. The standard InChI is InChI=1S/C23H22FN3O4/c1-13-14(2)31-23(26-13)16-5-3-15(4-6-16)19-8-7-17(9-20(19)24)27-11-18(30-12-27)10-21(28)22(25)29/h3-9,18H,10-12H2,1-2H3,(H2,25,29)/t18-/m0/s1. The van der Waals surface area contributed by atoms with Crippen LogP contribution in [0.1, 0.15) is 17.9 Å². The minimum absolute atomic E-state index is 0.0810. The van der Waals surface area contributed by atoms with Crippen molar-refractivity contribution in [1.29, 1.82) is 0 Å². The number of rotatable bonds is 6. The Labute approximate surface area is 178 Å². The van der Waals surface area contributed by atoms with Gasteiger partial charge in [-0.2, -0.15) is 0 Å². The molecule has 2 N–H and O–H groups in total. The molecule has 8 heteroatoms. The third kappa shape index (κ3) is 4.34. The number of ether oxygens (including phenoxy) is 1. The van der Waals surface area contributed by atoms with Crippen LogP contribution in [0.15, 0.2) is 46.9 Å². The predicted molar refractivity (Wildman–Crippen MR) is 113 cm³/mol. The zero-order chi connectivity index (χ0) is 22.1. The number of carbonyl (C=O) groups is 2. The van der Waals surface area contributed by atoms with Gasteiger partial charge >= 0.3 is 0 Å². The van der Waals surface area contributed by atoms with Gasteiger partial charge in [0.2, 0.25) is 11.7 Å². The van der Waals surface area contributed by atoms with Crippen LogP contribution >= 0.6 is 0 Å². The number of anilines is 1. The SMILES string of the molecule is Cc1nc(-c2ccc(-c3ccc(N4CO[C@@H](CC(=O)C(N)=O)C4)cc3F)cc2)oc1C. The maximum Gasteiger partial charge on any atom is 0.284 e. The molecule has 3 aromatic rings. The molecule has 2 aromatic carbocycles. The van der Waals surface area contributed by atoms with Crippen LogP contribution in [0.25, 0.3) is 22.6 Å². The van der Waals surface area contributed by atoms with Crippen LogP contribution < -0.4 is 10.6 Å². The second kappa shape index (κ2) is 8.31. The van der Waals surface area contributed by atoms with Crippen molar-refractivity contribution in [1.82, 2.24) is 4.98 Å². The van der Waals surface area contributed by atoms with E-state index in [1.54, 1.807) is 12.1 Å².